The van der Waals surface area contributed by atoms with Crippen LogP contribution >= 0.6 is 11.6 Å². The van der Waals surface area contributed by atoms with Gasteiger partial charge in [-0.1, -0.05) is 52.6 Å². The number of hydrogen-bond donors (Lipinski definition) is 5. The van der Waals surface area contributed by atoms with Gasteiger partial charge in [0, 0.05) is 10.6 Å². The molecule has 1 atom stereocenters. The highest BCUT2D eigenvalue weighted by Crippen LogP contribution is 2.42. The number of rotatable bonds is 5. The first kappa shape index (κ1) is 35.7. The van der Waals surface area contributed by atoms with Crippen molar-refractivity contribution >= 4 is 29.6 Å². The van der Waals surface area contributed by atoms with Crippen molar-refractivity contribution in [2.24, 2.45) is 5.90 Å². The van der Waals surface area contributed by atoms with E-state index in [4.69, 9.17) is 32.5 Å². The number of carbonyl (C=O) groups excluding carboxylic acids is 1. The number of benzene rings is 1. The van der Waals surface area contributed by atoms with Crippen molar-refractivity contribution in [3.63, 3.8) is 0 Å². The summed E-state index contributed by atoms with van der Waals surface area (Å²) in [6, 6.07) is 2.91. The van der Waals surface area contributed by atoms with Gasteiger partial charge in [-0.2, -0.15) is 13.2 Å². The van der Waals surface area contributed by atoms with Gasteiger partial charge in [-0.3, -0.25) is 9.63 Å². The van der Waals surface area contributed by atoms with Crippen molar-refractivity contribution in [2.45, 2.75) is 58.7 Å². The van der Waals surface area contributed by atoms with Crippen molar-refractivity contribution in [2.75, 3.05) is 20.4 Å². The van der Waals surface area contributed by atoms with Crippen LogP contribution in [-0.4, -0.2) is 54.9 Å². The van der Waals surface area contributed by atoms with E-state index in [0.717, 1.165) is 6.08 Å². The van der Waals surface area contributed by atoms with Crippen LogP contribution in [0.2, 0.25) is 5.02 Å². The number of carboxylic acid groups (broad SMARTS) is 1. The Morgan fingerprint density at radius 1 is 1.22 bits per heavy atom. The Morgan fingerprint density at radius 2 is 1.75 bits per heavy atom. The summed E-state index contributed by atoms with van der Waals surface area (Å²) in [5.74, 6) is 4.89. The number of aliphatic carboxylic acids is 1. The predicted molar refractivity (Wildman–Crippen MR) is 127 cm³/mol. The lowest BCUT2D eigenvalue weighted by Gasteiger charge is -2.30. The summed E-state index contributed by atoms with van der Waals surface area (Å²) < 4.78 is 49.6. The van der Waals surface area contributed by atoms with E-state index >= 15 is 0 Å². The van der Waals surface area contributed by atoms with E-state index in [0.29, 0.717) is 10.6 Å². The number of quaternary nitrogens is 1. The monoisotopic (exact) mass is 546 g/mol. The van der Waals surface area contributed by atoms with Crippen LogP contribution in [0.5, 0.6) is 5.75 Å². The Morgan fingerprint density at radius 3 is 2.11 bits per heavy atom. The summed E-state index contributed by atoms with van der Waals surface area (Å²) in [6.45, 7) is 9.22. The molecule has 10 nitrogen and oxygen atoms in total. The van der Waals surface area contributed by atoms with Crippen LogP contribution in [0.15, 0.2) is 17.7 Å². The number of ether oxygens (including phenoxy) is 2. The number of hydrogen-bond acceptors (Lipinski definition) is 8. The van der Waals surface area contributed by atoms with Crippen LogP contribution < -0.4 is 21.8 Å². The molecule has 0 spiro atoms. The Balaban J connectivity index is 0. The van der Waals surface area contributed by atoms with Gasteiger partial charge in [0.25, 0.3) is 0 Å². The van der Waals surface area contributed by atoms with E-state index in [9.17, 15) is 22.8 Å². The van der Waals surface area contributed by atoms with Crippen molar-refractivity contribution < 1.29 is 53.3 Å². The quantitative estimate of drug-likeness (QED) is 0.212. The second-order valence-electron chi connectivity index (χ2n) is 8.11. The third kappa shape index (κ3) is 12.5. The summed E-state index contributed by atoms with van der Waals surface area (Å²) in [5, 5.41) is 17.4. The normalized spacial score (nSPS) is 14.1. The first-order valence-electron chi connectivity index (χ1n) is 10.6. The SMILES string of the molecule is CC(C)(C)c1cc2c(cc1Cl)C=C(C(=O)OCON)C(C(F)(F)F)O2.CCC.CNCC(=O)O.[NH3+]O. The zero-order valence-electron chi connectivity index (χ0n) is 21.2. The fraction of sp³-hybridized carbons (Fsp3) is 0.545. The molecule has 1 aliphatic rings. The lowest BCUT2D eigenvalue weighted by atomic mass is 9.85. The van der Waals surface area contributed by atoms with Crippen LogP contribution in [0.3, 0.4) is 0 Å². The summed E-state index contributed by atoms with van der Waals surface area (Å²) in [5.41, 5.74) is -0.231. The lowest BCUT2D eigenvalue weighted by Crippen LogP contribution is -2.42. The van der Waals surface area contributed by atoms with Crippen LogP contribution in [0.1, 0.15) is 52.2 Å². The van der Waals surface area contributed by atoms with E-state index in [1.165, 1.54) is 18.6 Å². The van der Waals surface area contributed by atoms with Crippen molar-refractivity contribution in [3.05, 3.63) is 33.9 Å². The van der Waals surface area contributed by atoms with Gasteiger partial charge in [-0.25, -0.2) is 21.8 Å². The fourth-order valence-corrected chi connectivity index (χ4v) is 2.98. The zero-order chi connectivity index (χ0) is 28.7. The van der Waals surface area contributed by atoms with Gasteiger partial charge in [0.2, 0.25) is 12.9 Å². The molecule has 0 aromatic heterocycles. The number of nitrogens with two attached hydrogens (primary N) is 1. The molecule has 0 saturated carbocycles. The van der Waals surface area contributed by atoms with Crippen LogP contribution in [0, 0.1) is 0 Å². The minimum Gasteiger partial charge on any atom is -0.480 e. The summed E-state index contributed by atoms with van der Waals surface area (Å²) in [4.78, 5) is 25.5. The molecule has 1 unspecified atom stereocenters. The molecular weight excluding hydrogens is 511 g/mol. The molecule has 1 aliphatic heterocycles. The molecular formula is C22H36ClF3N3O7+. The summed E-state index contributed by atoms with van der Waals surface area (Å²) >= 11 is 6.22. The molecule has 1 aromatic rings. The second-order valence-corrected chi connectivity index (χ2v) is 8.51. The number of esters is 1. The molecule has 0 amide bonds. The highest BCUT2D eigenvalue weighted by atomic mass is 35.5. The maximum absolute atomic E-state index is 13.3. The van der Waals surface area contributed by atoms with Crippen LogP contribution in [-0.2, 0) is 24.6 Å². The van der Waals surface area contributed by atoms with Crippen LogP contribution in [0.25, 0.3) is 6.08 Å². The molecule has 0 aliphatic carbocycles. The van der Waals surface area contributed by atoms with E-state index in [-0.39, 0.29) is 17.9 Å². The average molecular weight is 547 g/mol. The number of carboxylic acids is 1. The Bertz CT molecular complexity index is 861. The lowest BCUT2D eigenvalue weighted by molar-refractivity contribution is -0.670. The minimum absolute atomic E-state index is 0.0109. The van der Waals surface area contributed by atoms with Gasteiger partial charge >= 0.3 is 18.1 Å². The highest BCUT2D eigenvalue weighted by molar-refractivity contribution is 6.31. The molecule has 0 radical (unpaired) electrons. The largest absolute Gasteiger partial charge is 0.480 e. The Labute approximate surface area is 213 Å². The van der Waals surface area contributed by atoms with Gasteiger partial charge in [-0.05, 0) is 36.2 Å². The Hall–Kier alpha value is -2.42. The maximum atomic E-state index is 13.3. The number of carbonyl (C=O) groups is 2. The molecule has 8 N–H and O–H groups in total. The number of fused-ring (bicyclic) bond motifs is 1. The van der Waals surface area contributed by atoms with Gasteiger partial charge in [0.1, 0.15) is 5.75 Å². The Kier molecular flexibility index (Phi) is 17.0. The van der Waals surface area contributed by atoms with E-state index in [2.05, 4.69) is 34.6 Å². The molecule has 2 rings (SSSR count). The third-order valence-electron chi connectivity index (χ3n) is 3.86. The molecule has 0 saturated heterocycles. The van der Waals surface area contributed by atoms with Crippen LogP contribution in [0.4, 0.5) is 13.2 Å². The van der Waals surface area contributed by atoms with Gasteiger partial charge < -0.3 is 19.9 Å². The summed E-state index contributed by atoms with van der Waals surface area (Å²) in [7, 11) is 1.59. The van der Waals surface area contributed by atoms with Gasteiger partial charge in [0.15, 0.2) is 0 Å². The second kappa shape index (κ2) is 17.1. The third-order valence-corrected chi connectivity index (χ3v) is 4.18. The van der Waals surface area contributed by atoms with E-state index < -0.39 is 42.0 Å². The molecule has 14 heteroatoms. The summed E-state index contributed by atoms with van der Waals surface area (Å²) in [6.07, 6.45) is -4.97. The first-order valence-corrected chi connectivity index (χ1v) is 11.0. The van der Waals surface area contributed by atoms with Crippen molar-refractivity contribution in [1.29, 1.82) is 0 Å². The topological polar surface area (TPSA) is 168 Å². The van der Waals surface area contributed by atoms with Crippen molar-refractivity contribution in [3.8, 4) is 5.75 Å². The highest BCUT2D eigenvalue weighted by Gasteiger charge is 2.49. The van der Waals surface area contributed by atoms with E-state index in [1.54, 1.807) is 7.05 Å². The fourth-order valence-electron chi connectivity index (χ4n) is 2.52. The van der Waals surface area contributed by atoms with Gasteiger partial charge in [0.05, 0.1) is 12.1 Å². The smallest absolute Gasteiger partial charge is 0.430 e. The zero-order valence-corrected chi connectivity index (χ0v) is 21.9. The average Bonchev–Trinajstić information content (AvgIpc) is 2.77. The molecule has 208 valence electrons. The minimum atomic E-state index is -4.81. The van der Waals surface area contributed by atoms with Gasteiger partial charge in [-0.15, -0.1) is 0 Å². The number of nitrogens with one attached hydrogen (secondary N) is 1. The first-order chi connectivity index (χ1) is 16.6. The number of likely N-dealkylation sites (N-methyl/N-ethyl adjacent to an activating group) is 1. The number of alkyl halides is 3. The molecule has 0 fully saturated rings. The standard InChI is InChI=1S/C16H17ClF3NO4.C3H7NO2.C3H8.H4NO/c1-15(2,3)10-6-12-8(5-11(10)17)4-9(14(22)23-7-24-21)13(25-12)16(18,19)20;1-4-2-3(5)6;1-3-2;1-2/h4-6,13H,7,21H2,1-3H3;4H,2H2,1H3,(H,5,6);3H2,1-2H3;2H,1H3/q;;;+1. The van der Waals surface area contributed by atoms with E-state index in [1.807, 2.05) is 20.8 Å². The number of halogens is 4. The molecule has 1 aromatic carbocycles. The molecule has 0 bridgehead atoms. The molecule has 36 heavy (non-hydrogen) atoms. The van der Waals surface area contributed by atoms with Crippen molar-refractivity contribution in [1.82, 2.24) is 5.32 Å². The maximum Gasteiger partial charge on any atom is 0.430 e. The molecule has 1 heterocycles. The predicted octanol–water partition coefficient (Wildman–Crippen LogP) is 3.06.